The lowest BCUT2D eigenvalue weighted by molar-refractivity contribution is 0.139. The highest BCUT2D eigenvalue weighted by Gasteiger charge is 2.45. The van der Waals surface area contributed by atoms with Gasteiger partial charge in [-0.2, -0.15) is 5.26 Å². The summed E-state index contributed by atoms with van der Waals surface area (Å²) in [4.78, 5) is 31.5. The number of carbonyl (C=O) groups is 2. The molecule has 2 amide bonds. The predicted molar refractivity (Wildman–Crippen MR) is 102 cm³/mol. The maximum atomic E-state index is 12.3. The van der Waals surface area contributed by atoms with E-state index in [0.717, 1.165) is 18.4 Å². The molecule has 1 saturated carbocycles. The Labute approximate surface area is 165 Å². The van der Waals surface area contributed by atoms with Gasteiger partial charge in [-0.3, -0.25) is 4.90 Å². The second kappa shape index (κ2) is 7.13. The number of hydrogen-bond donors (Lipinski definition) is 0. The van der Waals surface area contributed by atoms with Gasteiger partial charge in [-0.25, -0.2) is 19.5 Å². The van der Waals surface area contributed by atoms with E-state index in [1.54, 1.807) is 11.6 Å². The number of thiazole rings is 1. The fourth-order valence-corrected chi connectivity index (χ4v) is 3.91. The van der Waals surface area contributed by atoms with Crippen molar-refractivity contribution in [1.29, 1.82) is 5.26 Å². The lowest BCUT2D eigenvalue weighted by Gasteiger charge is -2.20. The predicted octanol–water partition coefficient (Wildman–Crippen LogP) is 3.30. The summed E-state index contributed by atoms with van der Waals surface area (Å²) in [6.45, 7) is 0.457. The summed E-state index contributed by atoms with van der Waals surface area (Å²) < 4.78 is 10.3. The van der Waals surface area contributed by atoms with Crippen molar-refractivity contribution in [2.45, 2.75) is 24.4 Å². The molecular weight excluding hydrogens is 380 g/mol. The Kier molecular flexibility index (Phi) is 4.65. The van der Waals surface area contributed by atoms with E-state index in [4.69, 9.17) is 9.47 Å². The summed E-state index contributed by atoms with van der Waals surface area (Å²) in [5.74, 6) is 0. The maximum Gasteiger partial charge on any atom is 0.415 e. The highest BCUT2D eigenvalue weighted by molar-refractivity contribution is 7.13. The van der Waals surface area contributed by atoms with Gasteiger partial charge in [-0.1, -0.05) is 12.1 Å². The fourth-order valence-electron chi connectivity index (χ4n) is 3.27. The van der Waals surface area contributed by atoms with Crippen LogP contribution in [0.4, 0.5) is 20.4 Å². The average molecular weight is 398 g/mol. The average Bonchev–Trinajstić information content (AvgIpc) is 3.15. The van der Waals surface area contributed by atoms with E-state index < -0.39 is 18.3 Å². The molecule has 1 atom stereocenters. The molecule has 2 aromatic rings. The Balaban J connectivity index is 1.46. The molecule has 0 bridgehead atoms. The van der Waals surface area contributed by atoms with Crippen LogP contribution >= 0.6 is 11.3 Å². The van der Waals surface area contributed by atoms with Crippen molar-refractivity contribution >= 4 is 34.3 Å². The number of anilines is 2. The smallest absolute Gasteiger partial charge is 0.415 e. The third kappa shape index (κ3) is 3.27. The van der Waals surface area contributed by atoms with Crippen molar-refractivity contribution < 1.29 is 19.1 Å². The van der Waals surface area contributed by atoms with Gasteiger partial charge < -0.3 is 9.47 Å². The monoisotopic (exact) mass is 398 g/mol. The van der Waals surface area contributed by atoms with Gasteiger partial charge in [-0.05, 0) is 30.5 Å². The first kappa shape index (κ1) is 18.3. The third-order valence-corrected chi connectivity index (χ3v) is 5.80. The van der Waals surface area contributed by atoms with Crippen molar-refractivity contribution in [1.82, 2.24) is 4.98 Å². The molecule has 0 unspecified atom stereocenters. The highest BCUT2D eigenvalue weighted by Crippen LogP contribution is 2.47. The lowest BCUT2D eigenvalue weighted by atomic mass is 9.97. The van der Waals surface area contributed by atoms with Crippen LogP contribution in [0.5, 0.6) is 0 Å². The van der Waals surface area contributed by atoms with Crippen LogP contribution < -0.4 is 9.80 Å². The minimum absolute atomic E-state index is 0.151. The Morgan fingerprint density at radius 1 is 1.46 bits per heavy atom. The zero-order valence-electron chi connectivity index (χ0n) is 15.2. The molecule has 1 aromatic heterocycles. The van der Waals surface area contributed by atoms with Gasteiger partial charge in [0, 0.05) is 17.3 Å². The minimum atomic E-state index is -0.556. The van der Waals surface area contributed by atoms with Crippen molar-refractivity contribution in [3.63, 3.8) is 0 Å². The Morgan fingerprint density at radius 2 is 2.21 bits per heavy atom. The number of cyclic esters (lactones) is 1. The van der Waals surface area contributed by atoms with E-state index >= 15 is 0 Å². The van der Waals surface area contributed by atoms with Crippen molar-refractivity contribution in [3.05, 3.63) is 41.4 Å². The summed E-state index contributed by atoms with van der Waals surface area (Å²) >= 11 is 1.30. The summed E-state index contributed by atoms with van der Waals surface area (Å²) in [6, 6.07) is 9.81. The fraction of sp³-hybridized carbons (Fsp3) is 0.368. The number of hydrogen-bond acceptors (Lipinski definition) is 7. The Morgan fingerprint density at radius 3 is 2.79 bits per heavy atom. The van der Waals surface area contributed by atoms with Crippen LogP contribution in [0.15, 0.2) is 35.8 Å². The second-order valence-electron chi connectivity index (χ2n) is 6.75. The second-order valence-corrected chi connectivity index (χ2v) is 7.63. The first-order valence-electron chi connectivity index (χ1n) is 8.81. The van der Waals surface area contributed by atoms with Gasteiger partial charge in [0.05, 0.1) is 31.7 Å². The zero-order chi connectivity index (χ0) is 19.7. The molecule has 144 valence electrons. The third-order valence-electron chi connectivity index (χ3n) is 5.00. The van der Waals surface area contributed by atoms with E-state index in [0.29, 0.717) is 17.4 Å². The molecule has 1 aromatic carbocycles. The normalized spacial score (nSPS) is 19.6. The van der Waals surface area contributed by atoms with Crippen LogP contribution in [0.25, 0.3) is 0 Å². The van der Waals surface area contributed by atoms with E-state index in [1.165, 1.54) is 28.2 Å². The van der Waals surface area contributed by atoms with Crippen molar-refractivity contribution in [3.8, 4) is 6.07 Å². The molecule has 28 heavy (non-hydrogen) atoms. The number of ether oxygens (including phenoxy) is 2. The first-order valence-corrected chi connectivity index (χ1v) is 9.69. The van der Waals surface area contributed by atoms with E-state index in [-0.39, 0.29) is 12.0 Å². The first-order chi connectivity index (χ1) is 13.6. The largest absolute Gasteiger partial charge is 0.452 e. The molecule has 1 aliphatic heterocycles. The molecule has 4 rings (SSSR count). The van der Waals surface area contributed by atoms with Gasteiger partial charge in [-0.15, -0.1) is 11.3 Å². The van der Waals surface area contributed by atoms with E-state index in [9.17, 15) is 14.9 Å². The van der Waals surface area contributed by atoms with Gasteiger partial charge in [0.25, 0.3) is 0 Å². The molecule has 9 heteroatoms. The summed E-state index contributed by atoms with van der Waals surface area (Å²) in [5, 5.41) is 11.6. The molecule has 0 N–H and O–H groups in total. The number of carbonyl (C=O) groups excluding carboxylic acids is 2. The minimum Gasteiger partial charge on any atom is -0.452 e. The molecule has 1 saturated heterocycles. The zero-order valence-corrected chi connectivity index (χ0v) is 16.0. The van der Waals surface area contributed by atoms with Crippen LogP contribution in [0, 0.1) is 11.3 Å². The van der Waals surface area contributed by atoms with Gasteiger partial charge in [0.15, 0.2) is 5.13 Å². The van der Waals surface area contributed by atoms with Crippen LogP contribution in [0.1, 0.15) is 18.4 Å². The summed E-state index contributed by atoms with van der Waals surface area (Å²) in [5.41, 5.74) is 1.31. The van der Waals surface area contributed by atoms with Crippen LogP contribution in [0.3, 0.4) is 0 Å². The number of methoxy groups -OCH3 is 1. The maximum absolute atomic E-state index is 12.3. The molecule has 2 fully saturated rings. The van der Waals surface area contributed by atoms with Crippen molar-refractivity contribution in [2.75, 3.05) is 30.0 Å². The number of benzene rings is 1. The molecule has 0 radical (unpaired) electrons. The molecule has 2 aliphatic rings. The van der Waals surface area contributed by atoms with E-state index in [1.807, 2.05) is 24.3 Å². The summed E-state index contributed by atoms with van der Waals surface area (Å²) in [7, 11) is 1.30. The van der Waals surface area contributed by atoms with Crippen LogP contribution in [-0.2, 0) is 14.9 Å². The van der Waals surface area contributed by atoms with Gasteiger partial charge in [0.2, 0.25) is 0 Å². The molecule has 8 nitrogen and oxygen atoms in total. The topological polar surface area (TPSA) is 95.8 Å². The van der Waals surface area contributed by atoms with Crippen LogP contribution in [-0.4, -0.2) is 43.5 Å². The standard InChI is InChI=1S/C19H18N4O4S/c1-26-17(24)23(16-21-8-9-28-16)11-15-10-22(18(25)27-15)14-4-2-13(3-5-14)19(12-20)6-7-19/h2-5,8-9,15H,6-7,10-11H2,1H3/t15-/m1/s1. The molecule has 0 spiro atoms. The van der Waals surface area contributed by atoms with Crippen LogP contribution in [0.2, 0.25) is 0 Å². The quantitative estimate of drug-likeness (QED) is 0.767. The molecule has 2 heterocycles. The number of aromatic nitrogens is 1. The number of nitrogens with zero attached hydrogens (tertiary/aromatic N) is 4. The van der Waals surface area contributed by atoms with Crippen molar-refractivity contribution in [2.24, 2.45) is 0 Å². The molecule has 1 aliphatic carbocycles. The number of rotatable bonds is 5. The number of amides is 2. The lowest BCUT2D eigenvalue weighted by Crippen LogP contribution is -2.39. The SMILES string of the molecule is COC(=O)N(C[C@H]1CN(c2ccc(C3(C#N)CC3)cc2)C(=O)O1)c1nccs1. The van der Waals surface area contributed by atoms with E-state index in [2.05, 4.69) is 11.1 Å². The Hall–Kier alpha value is -3.12. The van der Waals surface area contributed by atoms with Gasteiger partial charge in [0.1, 0.15) is 6.10 Å². The highest BCUT2D eigenvalue weighted by atomic mass is 32.1. The van der Waals surface area contributed by atoms with Gasteiger partial charge >= 0.3 is 12.2 Å². The molecular formula is C19H18N4O4S. The summed E-state index contributed by atoms with van der Waals surface area (Å²) in [6.07, 6.45) is 1.80. The number of nitriles is 1. The Bertz CT molecular complexity index is 918.